The summed E-state index contributed by atoms with van der Waals surface area (Å²) in [4.78, 5) is 30.8. The van der Waals surface area contributed by atoms with E-state index in [1.807, 2.05) is 0 Å². The SMILES string of the molecule is Cc1nc(Nc2ccc(NC(=O)c3ccc([N+](=O)[O-])o3)cc2)cc(-n2cccn2)n1. The number of nitrogens with one attached hydrogen (secondary N) is 2. The molecule has 0 bridgehead atoms. The van der Waals surface area contributed by atoms with Crippen LogP contribution in [-0.4, -0.2) is 30.6 Å². The number of nitro groups is 1. The Morgan fingerprint density at radius 3 is 2.57 bits per heavy atom. The Morgan fingerprint density at radius 2 is 1.90 bits per heavy atom. The number of hydrogen-bond donors (Lipinski definition) is 2. The Kier molecular flexibility index (Phi) is 4.91. The largest absolute Gasteiger partial charge is 0.433 e. The molecule has 0 fully saturated rings. The molecule has 0 saturated carbocycles. The Hall–Kier alpha value is -4.54. The highest BCUT2D eigenvalue weighted by Gasteiger charge is 2.17. The fraction of sp³-hybridized carbons (Fsp3) is 0.0526. The van der Waals surface area contributed by atoms with Crippen molar-refractivity contribution in [1.82, 2.24) is 19.7 Å². The lowest BCUT2D eigenvalue weighted by molar-refractivity contribution is -0.402. The van der Waals surface area contributed by atoms with Gasteiger partial charge in [-0.25, -0.2) is 14.6 Å². The van der Waals surface area contributed by atoms with Crippen LogP contribution in [0.1, 0.15) is 16.4 Å². The zero-order chi connectivity index (χ0) is 21.1. The van der Waals surface area contributed by atoms with E-state index in [1.54, 1.807) is 60.4 Å². The Morgan fingerprint density at radius 1 is 1.13 bits per heavy atom. The van der Waals surface area contributed by atoms with E-state index in [0.717, 1.165) is 11.8 Å². The van der Waals surface area contributed by atoms with Crippen molar-refractivity contribution >= 4 is 29.0 Å². The van der Waals surface area contributed by atoms with Crippen molar-refractivity contribution in [3.8, 4) is 5.82 Å². The lowest BCUT2D eigenvalue weighted by Crippen LogP contribution is -2.10. The lowest BCUT2D eigenvalue weighted by atomic mass is 10.2. The van der Waals surface area contributed by atoms with Crippen molar-refractivity contribution in [1.29, 1.82) is 0 Å². The molecule has 0 aliphatic carbocycles. The summed E-state index contributed by atoms with van der Waals surface area (Å²) in [5.74, 6) is 0.584. The third kappa shape index (κ3) is 4.14. The second-order valence-electron chi connectivity index (χ2n) is 6.16. The first-order chi connectivity index (χ1) is 14.5. The summed E-state index contributed by atoms with van der Waals surface area (Å²) in [6.07, 6.45) is 3.45. The summed E-state index contributed by atoms with van der Waals surface area (Å²) in [7, 11) is 0. The van der Waals surface area contributed by atoms with Crippen LogP contribution >= 0.6 is 0 Å². The zero-order valence-electron chi connectivity index (χ0n) is 15.6. The van der Waals surface area contributed by atoms with Gasteiger partial charge in [-0.15, -0.1) is 0 Å². The van der Waals surface area contributed by atoms with Crippen molar-refractivity contribution in [2.24, 2.45) is 0 Å². The smallest absolute Gasteiger partial charge is 0.395 e. The van der Waals surface area contributed by atoms with Gasteiger partial charge in [0, 0.05) is 29.8 Å². The maximum Gasteiger partial charge on any atom is 0.433 e. The van der Waals surface area contributed by atoms with Gasteiger partial charge in [0.15, 0.2) is 11.6 Å². The molecule has 0 unspecified atom stereocenters. The summed E-state index contributed by atoms with van der Waals surface area (Å²) in [5, 5.41) is 20.6. The quantitative estimate of drug-likeness (QED) is 0.367. The van der Waals surface area contributed by atoms with E-state index in [9.17, 15) is 14.9 Å². The van der Waals surface area contributed by atoms with Crippen LogP contribution in [0, 0.1) is 17.0 Å². The molecule has 11 heteroatoms. The van der Waals surface area contributed by atoms with Gasteiger partial charge in [-0.1, -0.05) is 0 Å². The molecule has 4 rings (SSSR count). The number of carbonyl (C=O) groups excluding carboxylic acids is 1. The predicted molar refractivity (Wildman–Crippen MR) is 107 cm³/mol. The van der Waals surface area contributed by atoms with Crippen LogP contribution in [0.15, 0.2) is 65.3 Å². The summed E-state index contributed by atoms with van der Waals surface area (Å²) >= 11 is 0. The number of anilines is 3. The number of nitrogens with zero attached hydrogens (tertiary/aromatic N) is 5. The van der Waals surface area contributed by atoms with Gasteiger partial charge in [-0.2, -0.15) is 5.10 Å². The number of hydrogen-bond acceptors (Lipinski definition) is 8. The molecule has 4 aromatic rings. The zero-order valence-corrected chi connectivity index (χ0v) is 15.6. The number of aryl methyl sites for hydroxylation is 1. The van der Waals surface area contributed by atoms with Gasteiger partial charge < -0.3 is 15.1 Å². The molecule has 1 amide bonds. The first-order valence-corrected chi connectivity index (χ1v) is 8.76. The Bertz CT molecular complexity index is 1200. The van der Waals surface area contributed by atoms with E-state index in [0.29, 0.717) is 23.1 Å². The number of carbonyl (C=O) groups is 1. The third-order valence-electron chi connectivity index (χ3n) is 3.97. The van der Waals surface area contributed by atoms with Crippen LogP contribution in [0.25, 0.3) is 5.82 Å². The molecular weight excluding hydrogens is 390 g/mol. The van der Waals surface area contributed by atoms with Gasteiger partial charge in [0.05, 0.1) is 6.07 Å². The monoisotopic (exact) mass is 405 g/mol. The topological polar surface area (TPSA) is 141 Å². The molecule has 2 N–H and O–H groups in total. The Labute approximate surface area is 169 Å². The molecule has 0 spiro atoms. The predicted octanol–water partition coefficient (Wildman–Crippen LogP) is 3.47. The number of amides is 1. The highest BCUT2D eigenvalue weighted by atomic mass is 16.6. The molecular formula is C19H15N7O4. The van der Waals surface area contributed by atoms with E-state index >= 15 is 0 Å². The first-order valence-electron chi connectivity index (χ1n) is 8.76. The summed E-state index contributed by atoms with van der Waals surface area (Å²) in [6, 6.07) is 12.8. The third-order valence-corrected chi connectivity index (χ3v) is 3.97. The fourth-order valence-corrected chi connectivity index (χ4v) is 2.66. The highest BCUT2D eigenvalue weighted by molar-refractivity contribution is 6.02. The number of furan rings is 1. The van der Waals surface area contributed by atoms with E-state index in [1.165, 1.54) is 6.07 Å². The molecule has 0 saturated heterocycles. The van der Waals surface area contributed by atoms with Crippen LogP contribution in [0.5, 0.6) is 0 Å². The molecule has 3 heterocycles. The number of rotatable bonds is 6. The van der Waals surface area contributed by atoms with Crippen molar-refractivity contribution in [2.45, 2.75) is 6.92 Å². The molecule has 0 atom stereocenters. The van der Waals surface area contributed by atoms with Crippen molar-refractivity contribution in [2.75, 3.05) is 10.6 Å². The van der Waals surface area contributed by atoms with Crippen LogP contribution in [0.2, 0.25) is 0 Å². The average Bonchev–Trinajstić information content (AvgIpc) is 3.41. The number of benzene rings is 1. The van der Waals surface area contributed by atoms with Gasteiger partial charge in [0.25, 0.3) is 5.91 Å². The van der Waals surface area contributed by atoms with Gasteiger partial charge in [0.2, 0.25) is 0 Å². The molecule has 3 aromatic heterocycles. The second-order valence-corrected chi connectivity index (χ2v) is 6.16. The summed E-state index contributed by atoms with van der Waals surface area (Å²) in [6.45, 7) is 1.79. The lowest BCUT2D eigenvalue weighted by Gasteiger charge is -2.10. The minimum absolute atomic E-state index is 0.147. The molecule has 0 aliphatic heterocycles. The molecule has 0 radical (unpaired) electrons. The maximum absolute atomic E-state index is 12.1. The Balaban J connectivity index is 1.45. The van der Waals surface area contributed by atoms with Gasteiger partial charge in [0.1, 0.15) is 16.6 Å². The molecule has 11 nitrogen and oxygen atoms in total. The number of aromatic nitrogens is 4. The standard InChI is InChI=1S/C19H15N7O4/c1-12-21-16(11-17(22-12)25-10-2-9-20-25)23-13-3-5-14(6-4-13)24-19(27)15-7-8-18(30-15)26(28)29/h2-11H,1H3,(H,24,27)(H,21,22,23). The van der Waals surface area contributed by atoms with Crippen LogP contribution in [-0.2, 0) is 0 Å². The van der Waals surface area contributed by atoms with Gasteiger partial charge in [-0.05, 0) is 43.3 Å². The molecule has 0 aliphatic rings. The van der Waals surface area contributed by atoms with Crippen LogP contribution < -0.4 is 10.6 Å². The summed E-state index contributed by atoms with van der Waals surface area (Å²) in [5.41, 5.74) is 1.24. The van der Waals surface area contributed by atoms with Crippen molar-refractivity contribution < 1.29 is 14.1 Å². The molecule has 150 valence electrons. The van der Waals surface area contributed by atoms with E-state index in [4.69, 9.17) is 4.42 Å². The van der Waals surface area contributed by atoms with E-state index in [2.05, 4.69) is 25.7 Å². The van der Waals surface area contributed by atoms with Gasteiger partial charge in [-0.3, -0.25) is 14.9 Å². The van der Waals surface area contributed by atoms with Crippen LogP contribution in [0.4, 0.5) is 23.1 Å². The first kappa shape index (κ1) is 18.8. The van der Waals surface area contributed by atoms with Crippen molar-refractivity contribution in [3.05, 3.63) is 82.6 Å². The summed E-state index contributed by atoms with van der Waals surface area (Å²) < 4.78 is 6.53. The molecule has 30 heavy (non-hydrogen) atoms. The second kappa shape index (κ2) is 7.83. The van der Waals surface area contributed by atoms with Crippen molar-refractivity contribution in [3.63, 3.8) is 0 Å². The average molecular weight is 405 g/mol. The maximum atomic E-state index is 12.1. The van der Waals surface area contributed by atoms with E-state index < -0.39 is 16.7 Å². The van der Waals surface area contributed by atoms with Crippen LogP contribution in [0.3, 0.4) is 0 Å². The minimum Gasteiger partial charge on any atom is -0.395 e. The van der Waals surface area contributed by atoms with Gasteiger partial charge >= 0.3 is 5.88 Å². The normalized spacial score (nSPS) is 10.6. The van der Waals surface area contributed by atoms with E-state index in [-0.39, 0.29) is 5.76 Å². The minimum atomic E-state index is -0.704. The highest BCUT2D eigenvalue weighted by Crippen LogP contribution is 2.21. The fourth-order valence-electron chi connectivity index (χ4n) is 2.66. The molecule has 1 aromatic carbocycles.